The van der Waals surface area contributed by atoms with Crippen LogP contribution in [0.4, 0.5) is 20.2 Å². The monoisotopic (exact) mass is 577 g/mol. The minimum atomic E-state index is -1.28. The molecule has 3 amide bonds. The number of likely N-dealkylation sites (tertiary alicyclic amines) is 1. The number of benzene rings is 2. The van der Waals surface area contributed by atoms with Gasteiger partial charge in [0.1, 0.15) is 22.4 Å². The summed E-state index contributed by atoms with van der Waals surface area (Å²) in [6.45, 7) is 3.23. The number of anilines is 2. The molecular weight excluding hydrogens is 552 g/mol. The van der Waals surface area contributed by atoms with Crippen molar-refractivity contribution in [1.29, 1.82) is 0 Å². The number of fused-ring (bicyclic) bond motifs is 1. The van der Waals surface area contributed by atoms with Crippen molar-refractivity contribution < 1.29 is 27.9 Å². The van der Waals surface area contributed by atoms with Gasteiger partial charge in [0.25, 0.3) is 5.91 Å². The lowest BCUT2D eigenvalue weighted by Gasteiger charge is -2.16. The highest BCUT2D eigenvalue weighted by Gasteiger charge is 2.56. The molecule has 9 nitrogen and oxygen atoms in total. The molecule has 210 valence electrons. The molecule has 1 saturated heterocycles. The zero-order valence-electron chi connectivity index (χ0n) is 22.0. The smallest absolute Gasteiger partial charge is 0.264 e. The van der Waals surface area contributed by atoms with Gasteiger partial charge in [0.15, 0.2) is 11.6 Å². The molecule has 2 aromatic carbocycles. The molecule has 2 fully saturated rings. The van der Waals surface area contributed by atoms with E-state index in [0.29, 0.717) is 39.2 Å². The highest BCUT2D eigenvalue weighted by atomic mass is 32.1. The van der Waals surface area contributed by atoms with Crippen LogP contribution in [0.1, 0.15) is 40.9 Å². The van der Waals surface area contributed by atoms with Gasteiger partial charge in [-0.1, -0.05) is 0 Å². The fraction of sp³-hybridized carbons (Fsp3) is 0.276. The third kappa shape index (κ3) is 5.10. The third-order valence-electron chi connectivity index (χ3n) is 7.40. The van der Waals surface area contributed by atoms with Crippen LogP contribution < -0.4 is 15.4 Å². The molecule has 0 bridgehead atoms. The molecule has 0 atom stereocenters. The number of rotatable bonds is 7. The van der Waals surface area contributed by atoms with Gasteiger partial charge < -0.3 is 20.3 Å². The van der Waals surface area contributed by atoms with Crippen molar-refractivity contribution in [2.45, 2.75) is 32.6 Å². The first-order chi connectivity index (χ1) is 19.7. The average Bonchev–Trinajstić information content (AvgIpc) is 3.45. The van der Waals surface area contributed by atoms with Gasteiger partial charge in [-0.25, -0.2) is 18.7 Å². The minimum Gasteiger partial charge on any atom is -0.435 e. The molecule has 2 N–H and O–H groups in total. The zero-order valence-corrected chi connectivity index (χ0v) is 22.8. The number of ether oxygens (including phenoxy) is 1. The van der Waals surface area contributed by atoms with Crippen LogP contribution in [0.25, 0.3) is 10.2 Å². The van der Waals surface area contributed by atoms with Gasteiger partial charge in [0.05, 0.1) is 10.3 Å². The number of amides is 3. The maximum absolute atomic E-state index is 15.1. The van der Waals surface area contributed by atoms with E-state index < -0.39 is 28.9 Å². The van der Waals surface area contributed by atoms with Crippen LogP contribution in [-0.2, 0) is 9.59 Å². The Labute approximate surface area is 237 Å². The second-order valence-electron chi connectivity index (χ2n) is 10.2. The van der Waals surface area contributed by atoms with Crippen molar-refractivity contribution in [2.75, 3.05) is 23.7 Å². The molecule has 0 spiro atoms. The Kier molecular flexibility index (Phi) is 6.86. The van der Waals surface area contributed by atoms with Gasteiger partial charge in [-0.05, 0) is 74.6 Å². The lowest BCUT2D eigenvalue weighted by atomic mass is 10.0. The van der Waals surface area contributed by atoms with E-state index in [-0.39, 0.29) is 23.2 Å². The van der Waals surface area contributed by atoms with Crippen LogP contribution >= 0.6 is 11.3 Å². The van der Waals surface area contributed by atoms with Crippen molar-refractivity contribution >= 4 is 50.6 Å². The molecule has 1 aliphatic carbocycles. The molecule has 1 aliphatic heterocycles. The standard InChI is InChI=1S/C29H25F2N5O4S/c1-16-22-24(32-15-33-25(22)41-23(16)26(37)36-12-2-3-13-36)40-21-9-8-19(14-20(21)31)35-28(39)29(10-11-29)27(38)34-18-6-4-17(30)5-7-18/h4-9,14-15H,2-3,10-13H2,1H3,(H,34,38)(H,35,39). The quantitative estimate of drug-likeness (QED) is 0.274. The molecular formula is C29H25F2N5O4S. The second kappa shape index (κ2) is 10.5. The predicted molar refractivity (Wildman–Crippen MR) is 149 cm³/mol. The van der Waals surface area contributed by atoms with Crippen molar-refractivity contribution in [1.82, 2.24) is 14.9 Å². The number of carbonyl (C=O) groups is 3. The summed E-state index contributed by atoms with van der Waals surface area (Å²) in [5.41, 5.74) is -0.0859. The van der Waals surface area contributed by atoms with Gasteiger partial charge in [0.2, 0.25) is 17.7 Å². The fourth-order valence-corrected chi connectivity index (χ4v) is 5.97. The van der Waals surface area contributed by atoms with Crippen molar-refractivity contribution in [3.63, 3.8) is 0 Å². The largest absolute Gasteiger partial charge is 0.435 e. The van der Waals surface area contributed by atoms with Crippen LogP contribution in [0.5, 0.6) is 11.6 Å². The van der Waals surface area contributed by atoms with E-state index in [0.717, 1.165) is 32.0 Å². The Morgan fingerprint density at radius 1 is 0.951 bits per heavy atom. The topological polar surface area (TPSA) is 114 Å². The number of hydrogen-bond donors (Lipinski definition) is 2. The van der Waals surface area contributed by atoms with Gasteiger partial charge >= 0.3 is 0 Å². The van der Waals surface area contributed by atoms with Crippen molar-refractivity contribution in [2.24, 2.45) is 5.41 Å². The molecule has 2 aliphatic rings. The summed E-state index contributed by atoms with van der Waals surface area (Å²) in [6, 6.07) is 9.15. The third-order valence-corrected chi connectivity index (χ3v) is 8.59. The summed E-state index contributed by atoms with van der Waals surface area (Å²) >= 11 is 1.26. The number of nitrogens with one attached hydrogen (secondary N) is 2. The fourth-order valence-electron chi connectivity index (χ4n) is 4.87. The molecule has 0 unspecified atom stereocenters. The molecule has 0 radical (unpaired) electrons. The number of aromatic nitrogens is 2. The molecule has 41 heavy (non-hydrogen) atoms. The van der Waals surface area contributed by atoms with E-state index >= 15 is 4.39 Å². The SMILES string of the molecule is Cc1c(C(=O)N2CCCC2)sc2ncnc(Oc3ccc(NC(=O)C4(C(=O)Nc5ccc(F)cc5)CC4)cc3F)c12. The van der Waals surface area contributed by atoms with Crippen molar-refractivity contribution in [3.8, 4) is 11.6 Å². The summed E-state index contributed by atoms with van der Waals surface area (Å²) in [6.07, 6.45) is 3.92. The minimum absolute atomic E-state index is 0.0555. The van der Waals surface area contributed by atoms with E-state index in [1.807, 2.05) is 4.90 Å². The van der Waals surface area contributed by atoms with Gasteiger partial charge in [0, 0.05) is 30.5 Å². The molecule has 12 heteroatoms. The average molecular weight is 578 g/mol. The van der Waals surface area contributed by atoms with E-state index in [2.05, 4.69) is 20.6 Å². The highest BCUT2D eigenvalue weighted by Crippen LogP contribution is 2.47. The summed E-state index contributed by atoms with van der Waals surface area (Å²) < 4.78 is 34.1. The maximum atomic E-state index is 15.1. The van der Waals surface area contributed by atoms with Crippen LogP contribution in [-0.4, -0.2) is 45.7 Å². The van der Waals surface area contributed by atoms with Crippen LogP contribution in [0.3, 0.4) is 0 Å². The maximum Gasteiger partial charge on any atom is 0.264 e. The number of nitrogens with zero attached hydrogens (tertiary/aromatic N) is 3. The van der Waals surface area contributed by atoms with E-state index in [1.54, 1.807) is 6.92 Å². The van der Waals surface area contributed by atoms with Crippen molar-refractivity contribution in [3.05, 3.63) is 70.9 Å². The van der Waals surface area contributed by atoms with Crippen LogP contribution in [0.2, 0.25) is 0 Å². The lowest BCUT2D eigenvalue weighted by Crippen LogP contribution is -2.35. The van der Waals surface area contributed by atoms with Gasteiger partial charge in [-0.3, -0.25) is 14.4 Å². The van der Waals surface area contributed by atoms with Gasteiger partial charge in [-0.2, -0.15) is 0 Å². The zero-order chi connectivity index (χ0) is 28.7. The molecule has 1 saturated carbocycles. The van der Waals surface area contributed by atoms with Crippen LogP contribution in [0.15, 0.2) is 48.8 Å². The number of aryl methyl sites for hydroxylation is 1. The first-order valence-corrected chi connectivity index (χ1v) is 14.0. The van der Waals surface area contributed by atoms with E-state index in [9.17, 15) is 18.8 Å². The summed E-state index contributed by atoms with van der Waals surface area (Å²) in [5, 5.41) is 5.79. The number of carbonyl (C=O) groups excluding carboxylic acids is 3. The summed E-state index contributed by atoms with van der Waals surface area (Å²) in [5.74, 6) is -2.33. The Bertz CT molecular complexity index is 1680. The van der Waals surface area contributed by atoms with E-state index in [4.69, 9.17) is 4.74 Å². The first-order valence-electron chi connectivity index (χ1n) is 13.1. The Hall–Kier alpha value is -4.45. The number of halogens is 2. The molecule has 2 aromatic heterocycles. The summed E-state index contributed by atoms with van der Waals surface area (Å²) in [4.78, 5) is 50.2. The Morgan fingerprint density at radius 2 is 1.61 bits per heavy atom. The molecule has 4 aromatic rings. The van der Waals surface area contributed by atoms with Crippen LogP contribution in [0, 0.1) is 24.0 Å². The predicted octanol–water partition coefficient (Wildman–Crippen LogP) is 5.66. The van der Waals surface area contributed by atoms with E-state index in [1.165, 1.54) is 54.1 Å². The summed E-state index contributed by atoms with van der Waals surface area (Å²) in [7, 11) is 0. The first kappa shape index (κ1) is 26.8. The molecule has 3 heterocycles. The molecule has 6 rings (SSSR count). The number of thiophene rings is 1. The Balaban J connectivity index is 1.17. The lowest BCUT2D eigenvalue weighted by molar-refractivity contribution is -0.131. The number of hydrogen-bond acceptors (Lipinski definition) is 7. The normalized spacial score (nSPS) is 15.5. The van der Waals surface area contributed by atoms with Gasteiger partial charge in [-0.15, -0.1) is 11.3 Å². The second-order valence-corrected chi connectivity index (χ2v) is 11.2. The Morgan fingerprint density at radius 3 is 2.27 bits per heavy atom. The highest BCUT2D eigenvalue weighted by molar-refractivity contribution is 7.20.